The topological polar surface area (TPSA) is 119 Å². The number of ether oxygens (including phenoxy) is 1. The van der Waals surface area contributed by atoms with Crippen LogP contribution in [0.2, 0.25) is 0 Å². The van der Waals surface area contributed by atoms with E-state index < -0.39 is 29.3 Å². The van der Waals surface area contributed by atoms with Gasteiger partial charge in [-0.15, -0.1) is 0 Å². The van der Waals surface area contributed by atoms with E-state index in [2.05, 4.69) is 21.2 Å². The summed E-state index contributed by atoms with van der Waals surface area (Å²) in [5, 5.41) is 13.4. The summed E-state index contributed by atoms with van der Waals surface area (Å²) >= 11 is 3.27. The van der Waals surface area contributed by atoms with Crippen molar-refractivity contribution in [3.63, 3.8) is 0 Å². The SMILES string of the molecule is O=C(CNC(=O)c1ccc(Br)cc1)OCC(=O)N1CCCc2cc([N+](=O)[O-])ccc21. The summed E-state index contributed by atoms with van der Waals surface area (Å²) in [4.78, 5) is 48.3. The number of carbonyl (C=O) groups excluding carboxylic acids is 3. The summed E-state index contributed by atoms with van der Waals surface area (Å²) in [5.41, 5.74) is 1.64. The number of nitrogens with one attached hydrogen (secondary N) is 1. The standard InChI is InChI=1S/C20H18BrN3O6/c21-15-5-3-13(4-6-15)20(27)22-11-19(26)30-12-18(25)23-9-1-2-14-10-16(24(28)29)7-8-17(14)23/h3-8,10H,1-2,9,11-12H2,(H,22,27). The first kappa shape index (κ1) is 21.4. The number of fused-ring (bicyclic) bond motifs is 1. The molecule has 9 nitrogen and oxygen atoms in total. The van der Waals surface area contributed by atoms with Crippen LogP contribution in [0.1, 0.15) is 22.3 Å². The predicted octanol–water partition coefficient (Wildman–Crippen LogP) is 2.61. The van der Waals surface area contributed by atoms with Gasteiger partial charge in [0.05, 0.1) is 4.92 Å². The number of carbonyl (C=O) groups is 3. The molecule has 0 bridgehead atoms. The highest BCUT2D eigenvalue weighted by Crippen LogP contribution is 2.30. The quantitative estimate of drug-likeness (QED) is 0.389. The van der Waals surface area contributed by atoms with Gasteiger partial charge in [-0.25, -0.2) is 0 Å². The van der Waals surface area contributed by atoms with E-state index in [0.29, 0.717) is 36.2 Å². The first-order valence-electron chi connectivity index (χ1n) is 9.12. The zero-order valence-corrected chi connectivity index (χ0v) is 17.4. The first-order chi connectivity index (χ1) is 14.3. The summed E-state index contributed by atoms with van der Waals surface area (Å²) in [7, 11) is 0. The van der Waals surface area contributed by atoms with Crippen LogP contribution in [0, 0.1) is 10.1 Å². The molecule has 0 aromatic heterocycles. The number of nitro benzene ring substituents is 1. The molecular weight excluding hydrogens is 458 g/mol. The fourth-order valence-corrected chi connectivity index (χ4v) is 3.35. The fourth-order valence-electron chi connectivity index (χ4n) is 3.08. The number of benzene rings is 2. The van der Waals surface area contributed by atoms with E-state index in [-0.39, 0.29) is 12.2 Å². The van der Waals surface area contributed by atoms with Gasteiger partial charge in [0.1, 0.15) is 6.54 Å². The third-order valence-electron chi connectivity index (χ3n) is 4.55. The summed E-state index contributed by atoms with van der Waals surface area (Å²) in [5.74, 6) is -1.61. The van der Waals surface area contributed by atoms with Crippen molar-refractivity contribution >= 4 is 45.1 Å². The van der Waals surface area contributed by atoms with Crippen LogP contribution < -0.4 is 10.2 Å². The smallest absolute Gasteiger partial charge is 0.325 e. The van der Waals surface area contributed by atoms with Crippen molar-refractivity contribution in [1.29, 1.82) is 0 Å². The Hall–Kier alpha value is -3.27. The minimum absolute atomic E-state index is 0.0315. The van der Waals surface area contributed by atoms with Crippen molar-refractivity contribution in [3.8, 4) is 0 Å². The number of hydrogen-bond acceptors (Lipinski definition) is 6. The van der Waals surface area contributed by atoms with Crippen molar-refractivity contribution in [2.75, 3.05) is 24.6 Å². The number of nitro groups is 1. The lowest BCUT2D eigenvalue weighted by Gasteiger charge is -2.29. The average Bonchev–Trinajstić information content (AvgIpc) is 2.75. The lowest BCUT2D eigenvalue weighted by Crippen LogP contribution is -2.39. The number of aryl methyl sites for hydroxylation is 1. The molecule has 156 valence electrons. The van der Waals surface area contributed by atoms with Gasteiger partial charge in [-0.05, 0) is 48.7 Å². The second-order valence-corrected chi connectivity index (χ2v) is 7.48. The molecule has 0 fully saturated rings. The molecule has 3 rings (SSSR count). The Bertz CT molecular complexity index is 993. The molecule has 2 amide bonds. The zero-order valence-electron chi connectivity index (χ0n) is 15.8. The molecule has 1 N–H and O–H groups in total. The van der Waals surface area contributed by atoms with Crippen LogP contribution in [-0.4, -0.2) is 42.4 Å². The Kier molecular flexibility index (Phi) is 6.78. The largest absolute Gasteiger partial charge is 0.454 e. The van der Waals surface area contributed by atoms with Crippen molar-refractivity contribution in [1.82, 2.24) is 5.32 Å². The van der Waals surface area contributed by atoms with Gasteiger partial charge in [-0.2, -0.15) is 0 Å². The highest BCUT2D eigenvalue weighted by Gasteiger charge is 2.25. The minimum atomic E-state index is -0.741. The van der Waals surface area contributed by atoms with Crippen LogP contribution in [0.3, 0.4) is 0 Å². The number of esters is 1. The van der Waals surface area contributed by atoms with Crippen molar-refractivity contribution in [2.24, 2.45) is 0 Å². The lowest BCUT2D eigenvalue weighted by molar-refractivity contribution is -0.384. The number of hydrogen-bond donors (Lipinski definition) is 1. The Morgan fingerprint density at radius 1 is 1.17 bits per heavy atom. The zero-order chi connectivity index (χ0) is 21.7. The van der Waals surface area contributed by atoms with E-state index in [1.54, 1.807) is 24.3 Å². The van der Waals surface area contributed by atoms with Crippen LogP contribution >= 0.6 is 15.9 Å². The molecule has 0 atom stereocenters. The van der Waals surface area contributed by atoms with Crippen LogP contribution in [0.4, 0.5) is 11.4 Å². The van der Waals surface area contributed by atoms with Crippen LogP contribution in [-0.2, 0) is 20.7 Å². The molecule has 0 unspecified atom stereocenters. The van der Waals surface area contributed by atoms with E-state index in [9.17, 15) is 24.5 Å². The maximum Gasteiger partial charge on any atom is 0.325 e. The average molecular weight is 476 g/mol. The Morgan fingerprint density at radius 2 is 1.90 bits per heavy atom. The van der Waals surface area contributed by atoms with E-state index in [4.69, 9.17) is 4.74 Å². The van der Waals surface area contributed by atoms with Gasteiger partial charge >= 0.3 is 5.97 Å². The summed E-state index contributed by atoms with van der Waals surface area (Å²) in [6, 6.07) is 10.9. The number of amides is 2. The molecule has 30 heavy (non-hydrogen) atoms. The molecule has 1 heterocycles. The maximum atomic E-state index is 12.5. The molecule has 0 saturated carbocycles. The predicted molar refractivity (Wildman–Crippen MR) is 111 cm³/mol. The van der Waals surface area contributed by atoms with Gasteiger partial charge in [-0.1, -0.05) is 15.9 Å². The third-order valence-corrected chi connectivity index (χ3v) is 5.08. The van der Waals surface area contributed by atoms with Crippen molar-refractivity contribution < 1.29 is 24.0 Å². The Labute approximate surface area is 180 Å². The molecular formula is C20H18BrN3O6. The van der Waals surface area contributed by atoms with Crippen molar-refractivity contribution in [2.45, 2.75) is 12.8 Å². The molecule has 2 aromatic rings. The van der Waals surface area contributed by atoms with Gasteiger partial charge in [0, 0.05) is 34.4 Å². The minimum Gasteiger partial charge on any atom is -0.454 e. The summed E-state index contributed by atoms with van der Waals surface area (Å²) in [6.45, 7) is -0.421. The summed E-state index contributed by atoms with van der Waals surface area (Å²) in [6.07, 6.45) is 1.28. The molecule has 1 aliphatic heterocycles. The molecule has 10 heteroatoms. The van der Waals surface area contributed by atoms with Gasteiger partial charge < -0.3 is 15.0 Å². The maximum absolute atomic E-state index is 12.5. The Morgan fingerprint density at radius 3 is 2.60 bits per heavy atom. The van der Waals surface area contributed by atoms with E-state index >= 15 is 0 Å². The number of anilines is 1. The normalized spacial score (nSPS) is 12.6. The summed E-state index contributed by atoms with van der Waals surface area (Å²) < 4.78 is 5.80. The molecule has 0 aliphatic carbocycles. The highest BCUT2D eigenvalue weighted by molar-refractivity contribution is 9.10. The second-order valence-electron chi connectivity index (χ2n) is 6.57. The van der Waals surface area contributed by atoms with Gasteiger partial charge in [0.15, 0.2) is 6.61 Å². The highest BCUT2D eigenvalue weighted by atomic mass is 79.9. The van der Waals surface area contributed by atoms with Crippen molar-refractivity contribution in [3.05, 3.63) is 68.2 Å². The fraction of sp³-hybridized carbons (Fsp3) is 0.250. The number of rotatable bonds is 6. The van der Waals surface area contributed by atoms with Gasteiger partial charge in [0.25, 0.3) is 17.5 Å². The van der Waals surface area contributed by atoms with Gasteiger partial charge in [0.2, 0.25) is 0 Å². The lowest BCUT2D eigenvalue weighted by atomic mass is 10.0. The van der Waals surface area contributed by atoms with E-state index in [1.165, 1.54) is 23.1 Å². The number of non-ortho nitro benzene ring substituents is 1. The van der Waals surface area contributed by atoms with E-state index in [0.717, 1.165) is 4.47 Å². The van der Waals surface area contributed by atoms with Crippen LogP contribution in [0.25, 0.3) is 0 Å². The van der Waals surface area contributed by atoms with Crippen LogP contribution in [0.5, 0.6) is 0 Å². The number of nitrogens with zero attached hydrogens (tertiary/aromatic N) is 2. The van der Waals surface area contributed by atoms with Crippen LogP contribution in [0.15, 0.2) is 46.9 Å². The van der Waals surface area contributed by atoms with E-state index in [1.807, 2.05) is 0 Å². The molecule has 0 radical (unpaired) electrons. The monoisotopic (exact) mass is 475 g/mol. The molecule has 0 spiro atoms. The first-order valence-corrected chi connectivity index (χ1v) is 9.91. The number of halogens is 1. The van der Waals surface area contributed by atoms with Gasteiger partial charge in [-0.3, -0.25) is 24.5 Å². The molecule has 1 aliphatic rings. The molecule has 0 saturated heterocycles. The Balaban J connectivity index is 1.52. The molecule has 2 aromatic carbocycles. The second kappa shape index (κ2) is 9.49. The third kappa shape index (κ3) is 5.20.